The first-order valence-electron chi connectivity index (χ1n) is 9.29. The van der Waals surface area contributed by atoms with E-state index in [1.165, 1.54) is 29.0 Å². The van der Waals surface area contributed by atoms with Crippen LogP contribution in [0.15, 0.2) is 64.6 Å². The number of aromatic nitrogens is 1. The average Bonchev–Trinajstić information content (AvgIpc) is 3.35. The van der Waals surface area contributed by atoms with Crippen molar-refractivity contribution in [1.82, 2.24) is 4.98 Å². The van der Waals surface area contributed by atoms with Gasteiger partial charge >= 0.3 is 5.97 Å². The Bertz CT molecular complexity index is 1180. The van der Waals surface area contributed by atoms with Gasteiger partial charge in [0.15, 0.2) is 0 Å². The van der Waals surface area contributed by atoms with E-state index in [4.69, 9.17) is 4.74 Å². The van der Waals surface area contributed by atoms with Crippen molar-refractivity contribution in [1.29, 1.82) is 0 Å². The van der Waals surface area contributed by atoms with E-state index in [0.29, 0.717) is 22.0 Å². The molecule has 2 heterocycles. The Balaban J connectivity index is 1.57. The van der Waals surface area contributed by atoms with Crippen molar-refractivity contribution in [2.45, 2.75) is 13.8 Å². The lowest BCUT2D eigenvalue weighted by Gasteiger charge is -2.07. The van der Waals surface area contributed by atoms with Gasteiger partial charge in [0.1, 0.15) is 0 Å². The first-order valence-corrected chi connectivity index (χ1v) is 10.2. The van der Waals surface area contributed by atoms with Gasteiger partial charge in [-0.25, -0.2) is 9.78 Å². The summed E-state index contributed by atoms with van der Waals surface area (Å²) in [7, 11) is 1.34. The summed E-state index contributed by atoms with van der Waals surface area (Å²) in [6.45, 7) is 3.83. The third kappa shape index (κ3) is 3.79. The number of carbonyl (C=O) groups excluding carboxylic acids is 2. The van der Waals surface area contributed by atoms with E-state index in [2.05, 4.69) is 10.1 Å². The summed E-state index contributed by atoms with van der Waals surface area (Å²) in [5.41, 5.74) is 5.34. The van der Waals surface area contributed by atoms with Crippen LogP contribution in [-0.4, -0.2) is 29.7 Å². The molecular weight excluding hydrogens is 398 g/mol. The highest BCUT2D eigenvalue weighted by Gasteiger charge is 2.30. The van der Waals surface area contributed by atoms with Crippen LogP contribution in [0.5, 0.6) is 0 Å². The van der Waals surface area contributed by atoms with Crippen molar-refractivity contribution >= 4 is 40.1 Å². The normalized spacial score (nSPS) is 14.9. The fourth-order valence-electron chi connectivity index (χ4n) is 3.03. The van der Waals surface area contributed by atoms with Crippen LogP contribution in [0.1, 0.15) is 28.4 Å². The summed E-state index contributed by atoms with van der Waals surface area (Å²) in [5.74, 6) is -0.627. The predicted octanol–water partition coefficient (Wildman–Crippen LogP) is 4.71. The average molecular weight is 417 g/mol. The van der Waals surface area contributed by atoms with Crippen molar-refractivity contribution in [3.05, 3.63) is 76.2 Å². The standard InChI is InChI=1S/C23H19N3O3S/c1-14-4-8-17(9-5-14)20-13-30-23(24-20)26-21(27)19(15(2)25-26)12-16-6-10-18(11-7-16)22(28)29-3/h4-13H,1-3H3/b19-12+. The van der Waals surface area contributed by atoms with E-state index in [1.54, 1.807) is 37.3 Å². The molecule has 0 atom stereocenters. The molecule has 0 N–H and O–H groups in total. The van der Waals surface area contributed by atoms with Crippen LogP contribution in [0.3, 0.4) is 0 Å². The van der Waals surface area contributed by atoms with Gasteiger partial charge in [0.05, 0.1) is 29.7 Å². The minimum Gasteiger partial charge on any atom is -0.465 e. The molecule has 0 radical (unpaired) electrons. The fourth-order valence-corrected chi connectivity index (χ4v) is 3.81. The van der Waals surface area contributed by atoms with Gasteiger partial charge in [-0.3, -0.25) is 4.79 Å². The third-order valence-corrected chi connectivity index (χ3v) is 5.54. The molecule has 0 saturated carbocycles. The van der Waals surface area contributed by atoms with Crippen molar-refractivity contribution in [3.63, 3.8) is 0 Å². The molecule has 1 aliphatic heterocycles. The van der Waals surface area contributed by atoms with Crippen LogP contribution < -0.4 is 5.01 Å². The Kier molecular flexibility index (Phi) is 5.29. The van der Waals surface area contributed by atoms with Crippen molar-refractivity contribution in [3.8, 4) is 11.3 Å². The first kappa shape index (κ1) is 19.7. The molecule has 0 unspecified atom stereocenters. The molecule has 7 heteroatoms. The predicted molar refractivity (Wildman–Crippen MR) is 119 cm³/mol. The first-order chi connectivity index (χ1) is 14.5. The molecule has 0 spiro atoms. The second-order valence-corrected chi connectivity index (χ2v) is 7.69. The van der Waals surface area contributed by atoms with Crippen LogP contribution in [-0.2, 0) is 9.53 Å². The molecule has 1 amide bonds. The van der Waals surface area contributed by atoms with Crippen LogP contribution in [0.4, 0.5) is 5.13 Å². The van der Waals surface area contributed by atoms with E-state index in [9.17, 15) is 9.59 Å². The Morgan fingerprint density at radius 3 is 2.43 bits per heavy atom. The number of methoxy groups -OCH3 is 1. The van der Waals surface area contributed by atoms with E-state index in [-0.39, 0.29) is 5.91 Å². The van der Waals surface area contributed by atoms with Crippen molar-refractivity contribution in [2.75, 3.05) is 12.1 Å². The number of hydrogen-bond acceptors (Lipinski definition) is 6. The van der Waals surface area contributed by atoms with Gasteiger partial charge in [0.2, 0.25) is 5.13 Å². The van der Waals surface area contributed by atoms with E-state index >= 15 is 0 Å². The number of benzene rings is 2. The number of ether oxygens (including phenoxy) is 1. The molecule has 0 fully saturated rings. The minimum atomic E-state index is -0.400. The van der Waals surface area contributed by atoms with Gasteiger partial charge in [0, 0.05) is 10.9 Å². The van der Waals surface area contributed by atoms with Gasteiger partial charge in [-0.15, -0.1) is 11.3 Å². The summed E-state index contributed by atoms with van der Waals surface area (Å²) in [6.07, 6.45) is 1.76. The molecule has 3 aromatic rings. The van der Waals surface area contributed by atoms with Gasteiger partial charge in [-0.2, -0.15) is 10.1 Å². The number of anilines is 1. The molecule has 0 aliphatic carbocycles. The second-order valence-electron chi connectivity index (χ2n) is 6.86. The Morgan fingerprint density at radius 2 is 1.77 bits per heavy atom. The zero-order valence-corrected chi connectivity index (χ0v) is 17.6. The quantitative estimate of drug-likeness (QED) is 0.455. The molecule has 1 aromatic heterocycles. The monoisotopic (exact) mass is 417 g/mol. The number of aryl methyl sites for hydroxylation is 1. The van der Waals surface area contributed by atoms with Gasteiger partial charge < -0.3 is 4.74 Å². The summed E-state index contributed by atoms with van der Waals surface area (Å²) < 4.78 is 4.71. The second kappa shape index (κ2) is 8.04. The maximum absolute atomic E-state index is 13.0. The Morgan fingerprint density at radius 1 is 1.07 bits per heavy atom. The van der Waals surface area contributed by atoms with Crippen LogP contribution in [0.25, 0.3) is 17.3 Å². The maximum Gasteiger partial charge on any atom is 0.337 e. The number of thiazole rings is 1. The van der Waals surface area contributed by atoms with Gasteiger partial charge in [0.25, 0.3) is 5.91 Å². The molecule has 0 saturated heterocycles. The van der Waals surface area contributed by atoms with Crippen molar-refractivity contribution < 1.29 is 14.3 Å². The fraction of sp³-hybridized carbons (Fsp3) is 0.130. The van der Waals surface area contributed by atoms with Gasteiger partial charge in [-0.05, 0) is 37.6 Å². The Labute approximate surface area is 178 Å². The highest BCUT2D eigenvalue weighted by Crippen LogP contribution is 2.31. The lowest BCUT2D eigenvalue weighted by Crippen LogP contribution is -2.21. The van der Waals surface area contributed by atoms with Crippen molar-refractivity contribution in [2.24, 2.45) is 5.10 Å². The Hall–Kier alpha value is -3.58. The third-order valence-electron chi connectivity index (χ3n) is 4.73. The molecule has 1 aliphatic rings. The molecular formula is C23H19N3O3S. The summed E-state index contributed by atoms with van der Waals surface area (Å²) in [5, 5.41) is 8.19. The minimum absolute atomic E-state index is 0.227. The molecule has 4 rings (SSSR count). The number of amides is 1. The highest BCUT2D eigenvalue weighted by molar-refractivity contribution is 7.14. The van der Waals surface area contributed by atoms with Gasteiger partial charge in [-0.1, -0.05) is 42.0 Å². The lowest BCUT2D eigenvalue weighted by molar-refractivity contribution is -0.114. The van der Waals surface area contributed by atoms with E-state index in [1.807, 2.05) is 36.6 Å². The number of rotatable bonds is 4. The zero-order chi connectivity index (χ0) is 21.3. The van der Waals surface area contributed by atoms with Crippen LogP contribution >= 0.6 is 11.3 Å². The summed E-state index contributed by atoms with van der Waals surface area (Å²) in [6, 6.07) is 14.9. The van der Waals surface area contributed by atoms with E-state index < -0.39 is 5.97 Å². The maximum atomic E-state index is 13.0. The smallest absolute Gasteiger partial charge is 0.337 e. The molecule has 2 aromatic carbocycles. The lowest BCUT2D eigenvalue weighted by atomic mass is 10.1. The van der Waals surface area contributed by atoms with Crippen LogP contribution in [0, 0.1) is 6.92 Å². The number of hydrazone groups is 1. The number of carbonyl (C=O) groups is 2. The molecule has 150 valence electrons. The SMILES string of the molecule is COC(=O)c1ccc(/C=C2/C(=O)N(c3nc(-c4ccc(C)cc4)cs3)N=C2C)cc1. The summed E-state index contributed by atoms with van der Waals surface area (Å²) >= 11 is 1.38. The zero-order valence-electron chi connectivity index (χ0n) is 16.7. The topological polar surface area (TPSA) is 71.9 Å². The molecule has 0 bridgehead atoms. The highest BCUT2D eigenvalue weighted by atomic mass is 32.1. The largest absolute Gasteiger partial charge is 0.465 e. The van der Waals surface area contributed by atoms with E-state index in [0.717, 1.165) is 16.8 Å². The summed E-state index contributed by atoms with van der Waals surface area (Å²) in [4.78, 5) is 29.1. The number of nitrogens with zero attached hydrogens (tertiary/aromatic N) is 3. The number of esters is 1. The number of hydrogen-bond donors (Lipinski definition) is 0. The molecule has 6 nitrogen and oxygen atoms in total. The van der Waals surface area contributed by atoms with Crippen LogP contribution in [0.2, 0.25) is 0 Å². The molecule has 30 heavy (non-hydrogen) atoms.